The van der Waals surface area contributed by atoms with Crippen molar-refractivity contribution in [2.45, 2.75) is 25.4 Å². The average molecular weight is 398 g/mol. The maximum Gasteiger partial charge on any atom is 0.235 e. The van der Waals surface area contributed by atoms with E-state index in [9.17, 15) is 10.1 Å². The number of benzene rings is 1. The van der Waals surface area contributed by atoms with Crippen molar-refractivity contribution in [1.82, 2.24) is 14.8 Å². The molecule has 8 heteroatoms. The fourth-order valence-corrected chi connectivity index (χ4v) is 4.30. The lowest BCUT2D eigenvalue weighted by Crippen LogP contribution is -2.14. The molecule has 0 saturated heterocycles. The average Bonchev–Trinajstić information content (AvgIpc) is 3.13. The number of anilines is 1. The van der Waals surface area contributed by atoms with Gasteiger partial charge in [-0.25, -0.2) is 0 Å². The number of rotatable bonds is 6. The Bertz CT molecular complexity index is 1000. The first-order valence-electron chi connectivity index (χ1n) is 8.34. The molecule has 0 aliphatic rings. The number of carbonyl (C=O) groups excluding carboxylic acids is 1. The molecule has 1 aromatic carbocycles. The fraction of sp³-hybridized carbons (Fsp3) is 0.263. The number of hydrogen-bond donors (Lipinski definition) is 1. The molecule has 2 heterocycles. The Morgan fingerprint density at radius 1 is 1.30 bits per heavy atom. The lowest BCUT2D eigenvalue weighted by atomic mass is 10.1. The predicted octanol–water partition coefficient (Wildman–Crippen LogP) is 3.69. The molecule has 0 spiro atoms. The normalized spacial score (nSPS) is 10.6. The number of thiophene rings is 1. The summed E-state index contributed by atoms with van der Waals surface area (Å²) in [5.41, 5.74) is 2.62. The Balaban J connectivity index is 1.61. The Morgan fingerprint density at radius 2 is 2.04 bits per heavy atom. The second kappa shape index (κ2) is 8.37. The lowest BCUT2D eigenvalue weighted by molar-refractivity contribution is -0.113. The number of thioether (sulfide) groups is 1. The van der Waals surface area contributed by atoms with E-state index in [1.165, 1.54) is 23.1 Å². The Hall–Kier alpha value is -2.63. The van der Waals surface area contributed by atoms with Crippen LogP contribution in [0.4, 0.5) is 5.00 Å². The minimum atomic E-state index is -0.162. The number of aryl methyl sites for hydroxylation is 1. The summed E-state index contributed by atoms with van der Waals surface area (Å²) < 4.78 is 1.91. The van der Waals surface area contributed by atoms with Crippen LogP contribution in [0.5, 0.6) is 0 Å². The third kappa shape index (κ3) is 4.38. The molecule has 0 saturated carbocycles. The molecular formula is C19H19N5OS2. The van der Waals surface area contributed by atoms with Crippen LogP contribution < -0.4 is 5.32 Å². The molecule has 2 aromatic heterocycles. The molecule has 0 radical (unpaired) electrons. The van der Waals surface area contributed by atoms with Crippen molar-refractivity contribution in [3.05, 3.63) is 57.7 Å². The molecule has 27 heavy (non-hydrogen) atoms. The molecule has 0 atom stereocenters. The van der Waals surface area contributed by atoms with E-state index in [2.05, 4.69) is 21.6 Å². The van der Waals surface area contributed by atoms with Crippen LogP contribution >= 0.6 is 23.1 Å². The van der Waals surface area contributed by atoms with Gasteiger partial charge in [0, 0.05) is 18.3 Å². The zero-order valence-corrected chi connectivity index (χ0v) is 16.9. The van der Waals surface area contributed by atoms with E-state index in [0.29, 0.717) is 22.1 Å². The van der Waals surface area contributed by atoms with Crippen LogP contribution in [0, 0.1) is 25.2 Å². The number of hydrogen-bond acceptors (Lipinski definition) is 6. The summed E-state index contributed by atoms with van der Waals surface area (Å²) in [4.78, 5) is 13.3. The highest BCUT2D eigenvalue weighted by Crippen LogP contribution is 2.31. The van der Waals surface area contributed by atoms with Crippen LogP contribution in [0.15, 0.2) is 35.5 Å². The first-order chi connectivity index (χ1) is 13.0. The van der Waals surface area contributed by atoms with Crippen molar-refractivity contribution in [3.8, 4) is 6.07 Å². The number of amides is 1. The van der Waals surface area contributed by atoms with E-state index in [1.807, 2.05) is 55.8 Å². The van der Waals surface area contributed by atoms with Crippen molar-refractivity contribution in [2.75, 3.05) is 11.1 Å². The second-order valence-corrected chi connectivity index (χ2v) is 8.22. The van der Waals surface area contributed by atoms with Gasteiger partial charge in [0.15, 0.2) is 5.16 Å². The van der Waals surface area contributed by atoms with Crippen molar-refractivity contribution in [2.24, 2.45) is 7.05 Å². The smallest absolute Gasteiger partial charge is 0.235 e. The molecular weight excluding hydrogens is 378 g/mol. The van der Waals surface area contributed by atoms with Crippen LogP contribution in [-0.2, 0) is 18.3 Å². The van der Waals surface area contributed by atoms with E-state index < -0.39 is 0 Å². The monoisotopic (exact) mass is 397 g/mol. The summed E-state index contributed by atoms with van der Waals surface area (Å²) in [7, 11) is 1.90. The number of nitrogens with one attached hydrogen (secondary N) is 1. The van der Waals surface area contributed by atoms with Crippen LogP contribution in [0.1, 0.15) is 27.4 Å². The second-order valence-electron chi connectivity index (χ2n) is 6.06. The van der Waals surface area contributed by atoms with Gasteiger partial charge >= 0.3 is 0 Å². The Labute approximate surface area is 166 Å². The van der Waals surface area contributed by atoms with Gasteiger partial charge in [-0.2, -0.15) is 5.26 Å². The Kier molecular flexibility index (Phi) is 5.94. The number of nitriles is 1. The van der Waals surface area contributed by atoms with Crippen molar-refractivity contribution >= 4 is 34.0 Å². The molecule has 3 aromatic rings. The first-order valence-corrected chi connectivity index (χ1v) is 10.1. The molecule has 1 amide bonds. The number of carbonyl (C=O) groups is 1. The van der Waals surface area contributed by atoms with Crippen molar-refractivity contribution in [3.63, 3.8) is 0 Å². The minimum Gasteiger partial charge on any atom is -0.316 e. The quantitative estimate of drug-likeness (QED) is 0.642. The van der Waals surface area contributed by atoms with E-state index in [4.69, 9.17) is 0 Å². The van der Waals surface area contributed by atoms with E-state index >= 15 is 0 Å². The number of aromatic nitrogens is 3. The lowest BCUT2D eigenvalue weighted by Gasteiger charge is -2.05. The predicted molar refractivity (Wildman–Crippen MR) is 108 cm³/mol. The SMILES string of the molecule is Cc1sc(NC(=O)CSc2nnc(Cc3ccccc3)n2C)c(C#N)c1C. The van der Waals surface area contributed by atoms with Crippen LogP contribution in [0.2, 0.25) is 0 Å². The summed E-state index contributed by atoms with van der Waals surface area (Å²) in [6, 6.07) is 12.2. The highest BCUT2D eigenvalue weighted by atomic mass is 32.2. The summed E-state index contributed by atoms with van der Waals surface area (Å²) in [6.45, 7) is 3.84. The molecule has 3 rings (SSSR count). The van der Waals surface area contributed by atoms with Gasteiger partial charge in [0.2, 0.25) is 5.91 Å². The third-order valence-corrected chi connectivity index (χ3v) is 6.36. The minimum absolute atomic E-state index is 0.162. The molecule has 0 bridgehead atoms. The van der Waals surface area contributed by atoms with Gasteiger partial charge in [0.05, 0.1) is 11.3 Å². The van der Waals surface area contributed by atoms with Gasteiger partial charge in [-0.1, -0.05) is 42.1 Å². The first kappa shape index (κ1) is 19.1. The van der Waals surface area contributed by atoms with Crippen molar-refractivity contribution in [1.29, 1.82) is 5.26 Å². The Morgan fingerprint density at radius 3 is 2.74 bits per heavy atom. The topological polar surface area (TPSA) is 83.6 Å². The van der Waals surface area contributed by atoms with Gasteiger partial charge in [0.25, 0.3) is 0 Å². The van der Waals surface area contributed by atoms with Gasteiger partial charge in [0.1, 0.15) is 16.9 Å². The zero-order valence-electron chi connectivity index (χ0n) is 15.3. The standard InChI is InChI=1S/C19H19N5OS2/c1-12-13(2)27-18(15(12)10-20)21-17(25)11-26-19-23-22-16(24(19)3)9-14-7-5-4-6-8-14/h4-8H,9,11H2,1-3H3,(H,21,25). The molecule has 0 fully saturated rings. The maximum absolute atomic E-state index is 12.3. The van der Waals surface area contributed by atoms with Crippen LogP contribution in [0.25, 0.3) is 0 Å². The van der Waals surface area contributed by atoms with Crippen molar-refractivity contribution < 1.29 is 4.79 Å². The molecule has 0 aliphatic carbocycles. The summed E-state index contributed by atoms with van der Waals surface area (Å²) in [5.74, 6) is 0.892. The zero-order chi connectivity index (χ0) is 19.4. The summed E-state index contributed by atoms with van der Waals surface area (Å²) >= 11 is 2.76. The highest BCUT2D eigenvalue weighted by Gasteiger charge is 2.16. The maximum atomic E-state index is 12.3. The molecule has 138 valence electrons. The van der Waals surface area contributed by atoms with Gasteiger partial charge in [-0.15, -0.1) is 21.5 Å². The molecule has 6 nitrogen and oxygen atoms in total. The van der Waals surface area contributed by atoms with Gasteiger partial charge < -0.3 is 9.88 Å². The third-order valence-electron chi connectivity index (χ3n) is 4.21. The molecule has 1 N–H and O–H groups in total. The highest BCUT2D eigenvalue weighted by molar-refractivity contribution is 7.99. The van der Waals surface area contributed by atoms with Gasteiger partial charge in [-0.3, -0.25) is 4.79 Å². The molecule has 0 aliphatic heterocycles. The largest absolute Gasteiger partial charge is 0.316 e. The fourth-order valence-electron chi connectivity index (χ4n) is 2.55. The van der Waals surface area contributed by atoms with E-state index in [-0.39, 0.29) is 11.7 Å². The molecule has 0 unspecified atom stereocenters. The summed E-state index contributed by atoms with van der Waals surface area (Å²) in [6.07, 6.45) is 0.691. The van der Waals surface area contributed by atoms with E-state index in [0.717, 1.165) is 21.8 Å². The van der Waals surface area contributed by atoms with Crippen LogP contribution in [0.3, 0.4) is 0 Å². The summed E-state index contributed by atoms with van der Waals surface area (Å²) in [5, 5.41) is 21.8. The van der Waals surface area contributed by atoms with Gasteiger partial charge in [-0.05, 0) is 25.0 Å². The van der Waals surface area contributed by atoms with E-state index in [1.54, 1.807) is 0 Å². The van der Waals surface area contributed by atoms with Crippen LogP contribution in [-0.4, -0.2) is 26.4 Å². The number of nitrogens with zero attached hydrogens (tertiary/aromatic N) is 4.